The Bertz CT molecular complexity index is 319. The minimum absolute atomic E-state index is 0.185. The summed E-state index contributed by atoms with van der Waals surface area (Å²) in [6.45, 7) is 3.85. The predicted molar refractivity (Wildman–Crippen MR) is 61.8 cm³/mol. The Labute approximate surface area is 95.8 Å². The highest BCUT2D eigenvalue weighted by atomic mass is 19.1. The summed E-state index contributed by atoms with van der Waals surface area (Å²) < 4.78 is 18.3. The zero-order chi connectivity index (χ0) is 11.4. The van der Waals surface area contributed by atoms with Crippen LogP contribution in [-0.2, 0) is 4.74 Å². The van der Waals surface area contributed by atoms with Crippen molar-refractivity contribution in [2.75, 3.05) is 13.2 Å². The number of nitrogens with one attached hydrogen (secondary N) is 1. The molecule has 1 aliphatic rings. The Hall–Kier alpha value is -0.930. The first kappa shape index (κ1) is 11.6. The summed E-state index contributed by atoms with van der Waals surface area (Å²) in [5.41, 5.74) is 1.11. The van der Waals surface area contributed by atoms with Gasteiger partial charge in [0.15, 0.2) is 0 Å². The van der Waals surface area contributed by atoms with Crippen molar-refractivity contribution in [1.29, 1.82) is 0 Å². The molecule has 88 valence electrons. The van der Waals surface area contributed by atoms with Gasteiger partial charge in [0.2, 0.25) is 0 Å². The highest BCUT2D eigenvalue weighted by molar-refractivity contribution is 5.19. The van der Waals surface area contributed by atoms with E-state index in [-0.39, 0.29) is 11.9 Å². The molecule has 1 N–H and O–H groups in total. The standard InChI is InChI=1S/C13H18FNO/c1-10(11-4-6-12(14)7-5-11)15-9-13-3-2-8-16-13/h4-7,10,13,15H,2-3,8-9H2,1H3/t10-,13?/m0/s1. The van der Waals surface area contributed by atoms with E-state index in [1.165, 1.54) is 12.1 Å². The zero-order valence-electron chi connectivity index (χ0n) is 9.58. The number of ether oxygens (including phenoxy) is 1. The van der Waals surface area contributed by atoms with E-state index in [4.69, 9.17) is 4.74 Å². The van der Waals surface area contributed by atoms with Crippen LogP contribution in [0.15, 0.2) is 24.3 Å². The van der Waals surface area contributed by atoms with E-state index in [0.29, 0.717) is 6.10 Å². The fourth-order valence-corrected chi connectivity index (χ4v) is 1.98. The molecule has 1 heterocycles. The van der Waals surface area contributed by atoms with E-state index in [2.05, 4.69) is 12.2 Å². The van der Waals surface area contributed by atoms with Gasteiger partial charge in [0, 0.05) is 19.2 Å². The molecule has 1 aromatic rings. The summed E-state index contributed by atoms with van der Waals surface area (Å²) in [6.07, 6.45) is 2.66. The summed E-state index contributed by atoms with van der Waals surface area (Å²) >= 11 is 0. The number of rotatable bonds is 4. The molecule has 0 amide bonds. The first-order valence-corrected chi connectivity index (χ1v) is 5.86. The molecule has 0 bridgehead atoms. The highest BCUT2D eigenvalue weighted by Gasteiger charge is 2.16. The van der Waals surface area contributed by atoms with Crippen LogP contribution >= 0.6 is 0 Å². The minimum atomic E-state index is -0.185. The summed E-state index contributed by atoms with van der Waals surface area (Å²) in [5, 5.41) is 3.41. The van der Waals surface area contributed by atoms with Gasteiger partial charge >= 0.3 is 0 Å². The Kier molecular flexibility index (Phi) is 3.91. The summed E-state index contributed by atoms with van der Waals surface area (Å²) in [4.78, 5) is 0. The molecule has 0 saturated carbocycles. The third kappa shape index (κ3) is 3.03. The molecule has 2 rings (SSSR count). The fraction of sp³-hybridized carbons (Fsp3) is 0.538. The average Bonchev–Trinajstić information content (AvgIpc) is 2.80. The molecule has 2 atom stereocenters. The van der Waals surface area contributed by atoms with E-state index in [0.717, 1.165) is 31.6 Å². The molecule has 0 aliphatic carbocycles. The van der Waals surface area contributed by atoms with E-state index < -0.39 is 0 Å². The molecular formula is C13H18FNO. The predicted octanol–water partition coefficient (Wildman–Crippen LogP) is 2.66. The molecule has 1 aliphatic heterocycles. The van der Waals surface area contributed by atoms with Gasteiger partial charge in [-0.15, -0.1) is 0 Å². The van der Waals surface area contributed by atoms with Gasteiger partial charge in [-0.1, -0.05) is 12.1 Å². The summed E-state index contributed by atoms with van der Waals surface area (Å²) in [5.74, 6) is -0.185. The number of halogens is 1. The van der Waals surface area contributed by atoms with Crippen LogP contribution in [0.2, 0.25) is 0 Å². The van der Waals surface area contributed by atoms with Crippen molar-refractivity contribution in [2.24, 2.45) is 0 Å². The first-order chi connectivity index (χ1) is 7.75. The van der Waals surface area contributed by atoms with Crippen molar-refractivity contribution in [3.63, 3.8) is 0 Å². The van der Waals surface area contributed by atoms with Crippen molar-refractivity contribution in [3.8, 4) is 0 Å². The van der Waals surface area contributed by atoms with Gasteiger partial charge < -0.3 is 10.1 Å². The van der Waals surface area contributed by atoms with Crippen LogP contribution in [0.4, 0.5) is 4.39 Å². The Balaban J connectivity index is 1.82. The van der Waals surface area contributed by atoms with Crippen LogP contribution in [0, 0.1) is 5.82 Å². The Morgan fingerprint density at radius 3 is 2.81 bits per heavy atom. The van der Waals surface area contributed by atoms with Crippen LogP contribution in [0.1, 0.15) is 31.4 Å². The quantitative estimate of drug-likeness (QED) is 0.847. The maximum Gasteiger partial charge on any atom is 0.123 e. The highest BCUT2D eigenvalue weighted by Crippen LogP contribution is 2.15. The molecule has 16 heavy (non-hydrogen) atoms. The number of hydrogen-bond acceptors (Lipinski definition) is 2. The van der Waals surface area contributed by atoms with Crippen LogP contribution in [0.3, 0.4) is 0 Å². The largest absolute Gasteiger partial charge is 0.377 e. The molecule has 2 nitrogen and oxygen atoms in total. The lowest BCUT2D eigenvalue weighted by Gasteiger charge is -2.17. The van der Waals surface area contributed by atoms with Gasteiger partial charge in [-0.05, 0) is 37.5 Å². The van der Waals surface area contributed by atoms with Crippen LogP contribution in [0.5, 0.6) is 0 Å². The Morgan fingerprint density at radius 2 is 2.19 bits per heavy atom. The van der Waals surface area contributed by atoms with Crippen LogP contribution in [-0.4, -0.2) is 19.3 Å². The van der Waals surface area contributed by atoms with Gasteiger partial charge in [0.05, 0.1) is 6.10 Å². The van der Waals surface area contributed by atoms with Gasteiger partial charge in [-0.2, -0.15) is 0 Å². The average molecular weight is 223 g/mol. The molecule has 1 saturated heterocycles. The second-order valence-corrected chi connectivity index (χ2v) is 4.32. The zero-order valence-corrected chi connectivity index (χ0v) is 9.58. The summed E-state index contributed by atoms with van der Waals surface area (Å²) in [6, 6.07) is 6.88. The monoisotopic (exact) mass is 223 g/mol. The lowest BCUT2D eigenvalue weighted by Crippen LogP contribution is -2.28. The fourth-order valence-electron chi connectivity index (χ4n) is 1.98. The normalized spacial score (nSPS) is 22.2. The number of benzene rings is 1. The van der Waals surface area contributed by atoms with Gasteiger partial charge in [-0.3, -0.25) is 0 Å². The molecule has 0 spiro atoms. The van der Waals surface area contributed by atoms with Gasteiger partial charge in [-0.25, -0.2) is 4.39 Å². The van der Waals surface area contributed by atoms with Gasteiger partial charge in [0.1, 0.15) is 5.82 Å². The molecular weight excluding hydrogens is 205 g/mol. The van der Waals surface area contributed by atoms with E-state index >= 15 is 0 Å². The third-order valence-corrected chi connectivity index (χ3v) is 3.05. The topological polar surface area (TPSA) is 21.3 Å². The van der Waals surface area contributed by atoms with Crippen molar-refractivity contribution >= 4 is 0 Å². The maximum atomic E-state index is 12.7. The van der Waals surface area contributed by atoms with Gasteiger partial charge in [0.25, 0.3) is 0 Å². The molecule has 0 aromatic heterocycles. The molecule has 3 heteroatoms. The smallest absolute Gasteiger partial charge is 0.123 e. The minimum Gasteiger partial charge on any atom is -0.377 e. The molecule has 1 unspecified atom stereocenters. The first-order valence-electron chi connectivity index (χ1n) is 5.86. The number of hydrogen-bond donors (Lipinski definition) is 1. The van der Waals surface area contributed by atoms with Crippen molar-refractivity contribution in [1.82, 2.24) is 5.32 Å². The SMILES string of the molecule is C[C@H](NCC1CCCO1)c1ccc(F)cc1. The van der Waals surface area contributed by atoms with E-state index in [1.807, 2.05) is 12.1 Å². The second kappa shape index (κ2) is 5.41. The van der Waals surface area contributed by atoms with Crippen molar-refractivity contribution in [2.45, 2.75) is 31.9 Å². The molecule has 0 radical (unpaired) electrons. The van der Waals surface area contributed by atoms with E-state index in [9.17, 15) is 4.39 Å². The molecule has 1 fully saturated rings. The third-order valence-electron chi connectivity index (χ3n) is 3.05. The van der Waals surface area contributed by atoms with E-state index in [1.54, 1.807) is 0 Å². The van der Waals surface area contributed by atoms with Crippen LogP contribution in [0.25, 0.3) is 0 Å². The van der Waals surface area contributed by atoms with Crippen LogP contribution < -0.4 is 5.32 Å². The van der Waals surface area contributed by atoms with Crippen molar-refractivity contribution in [3.05, 3.63) is 35.6 Å². The second-order valence-electron chi connectivity index (χ2n) is 4.32. The lowest BCUT2D eigenvalue weighted by molar-refractivity contribution is 0.108. The maximum absolute atomic E-state index is 12.7. The van der Waals surface area contributed by atoms with Crippen molar-refractivity contribution < 1.29 is 9.13 Å². The Morgan fingerprint density at radius 1 is 1.44 bits per heavy atom. The summed E-state index contributed by atoms with van der Waals surface area (Å²) in [7, 11) is 0. The lowest BCUT2D eigenvalue weighted by atomic mass is 10.1. The molecule has 1 aromatic carbocycles.